The summed E-state index contributed by atoms with van der Waals surface area (Å²) in [5.74, 6) is -4.47. The molecule has 6 N–H and O–H groups in total. The van der Waals surface area contributed by atoms with Crippen molar-refractivity contribution in [1.82, 2.24) is 5.32 Å². The maximum absolute atomic E-state index is 13.5. The summed E-state index contributed by atoms with van der Waals surface area (Å²) in [7, 11) is 0. The molecule has 1 saturated heterocycles. The summed E-state index contributed by atoms with van der Waals surface area (Å²) >= 11 is 0. The molecule has 9 heteroatoms. The average molecular weight is 600 g/mol. The Balaban J connectivity index is 1.99. The van der Waals surface area contributed by atoms with Crippen molar-refractivity contribution in [1.29, 1.82) is 0 Å². The van der Waals surface area contributed by atoms with Crippen LogP contribution in [0, 0.1) is 23.7 Å². The van der Waals surface area contributed by atoms with E-state index < -0.39 is 77.2 Å². The number of rotatable bonds is 4. The maximum atomic E-state index is 13.5. The van der Waals surface area contributed by atoms with E-state index in [1.807, 2.05) is 42.5 Å². The summed E-state index contributed by atoms with van der Waals surface area (Å²) in [6.45, 7) is 11.0. The molecule has 3 rings (SSSR count). The van der Waals surface area contributed by atoms with Crippen LogP contribution >= 0.6 is 0 Å². The fraction of sp³-hybridized carbons (Fsp3) is 0.588. The van der Waals surface area contributed by atoms with Crippen molar-refractivity contribution < 1.29 is 39.9 Å². The van der Waals surface area contributed by atoms with E-state index in [0.717, 1.165) is 11.1 Å². The molecule has 1 fully saturated rings. The number of aliphatic hydroxyl groups is 5. The number of carbonyl (C=O) groups excluding carboxylic acids is 2. The minimum absolute atomic E-state index is 0.0155. The van der Waals surface area contributed by atoms with Gasteiger partial charge in [-0.1, -0.05) is 70.2 Å². The monoisotopic (exact) mass is 599 g/mol. The van der Waals surface area contributed by atoms with Gasteiger partial charge in [0.05, 0.1) is 29.8 Å². The largest absolute Gasteiger partial charge is 0.459 e. The number of benzene rings is 2. The molecular weight excluding hydrogens is 550 g/mol. The third-order valence-corrected chi connectivity index (χ3v) is 9.40. The van der Waals surface area contributed by atoms with Crippen molar-refractivity contribution in [3.05, 3.63) is 60.2 Å². The number of cyclic esters (lactones) is 1. The fourth-order valence-electron chi connectivity index (χ4n) is 6.50. The van der Waals surface area contributed by atoms with E-state index in [0.29, 0.717) is 5.56 Å². The molecule has 11 atom stereocenters. The van der Waals surface area contributed by atoms with Gasteiger partial charge in [-0.05, 0) is 62.8 Å². The van der Waals surface area contributed by atoms with Crippen LogP contribution in [0.1, 0.15) is 71.7 Å². The van der Waals surface area contributed by atoms with E-state index in [2.05, 4.69) is 5.32 Å². The Morgan fingerprint density at radius 3 is 2.00 bits per heavy atom. The van der Waals surface area contributed by atoms with E-state index in [4.69, 9.17) is 4.74 Å². The molecule has 1 heterocycles. The third-order valence-electron chi connectivity index (χ3n) is 9.40. The van der Waals surface area contributed by atoms with Crippen LogP contribution in [0.3, 0.4) is 0 Å². The molecule has 2 aromatic rings. The van der Waals surface area contributed by atoms with Gasteiger partial charge in [0.25, 0.3) is 5.91 Å². The summed E-state index contributed by atoms with van der Waals surface area (Å²) in [6.07, 6.45) is -5.19. The van der Waals surface area contributed by atoms with Gasteiger partial charge < -0.3 is 35.6 Å². The quantitative estimate of drug-likeness (QED) is 0.293. The number of carbonyl (C=O) groups is 2. The SMILES string of the molecule is CC[C@H]1OC(=O)[C@H](C)[C@@H](O)[C@H](C)[C@@H](O)[C@](C)(O)C[C@@H](C)[C@H](NC(=O)c2ccc(-c3ccccc3)cc2)[C@H](C)[C@@H](O)[C@]1(C)O. The first kappa shape index (κ1) is 34.7. The maximum Gasteiger partial charge on any atom is 0.311 e. The van der Waals surface area contributed by atoms with Gasteiger partial charge >= 0.3 is 5.97 Å². The topological polar surface area (TPSA) is 157 Å². The highest BCUT2D eigenvalue weighted by Crippen LogP contribution is 2.36. The number of aliphatic hydroxyl groups excluding tert-OH is 3. The summed E-state index contributed by atoms with van der Waals surface area (Å²) in [5, 5.41) is 59.5. The number of esters is 1. The van der Waals surface area contributed by atoms with Crippen LogP contribution in [0.25, 0.3) is 11.1 Å². The van der Waals surface area contributed by atoms with Gasteiger partial charge in [-0.15, -0.1) is 0 Å². The Morgan fingerprint density at radius 2 is 1.44 bits per heavy atom. The molecule has 1 aliphatic heterocycles. The van der Waals surface area contributed by atoms with Gasteiger partial charge in [0.2, 0.25) is 0 Å². The Kier molecular flexibility index (Phi) is 11.2. The van der Waals surface area contributed by atoms with Gasteiger partial charge in [0.15, 0.2) is 0 Å². The molecule has 0 aromatic heterocycles. The van der Waals surface area contributed by atoms with Crippen LogP contribution in [-0.2, 0) is 9.53 Å². The second-order valence-electron chi connectivity index (χ2n) is 12.9. The van der Waals surface area contributed by atoms with Crippen molar-refractivity contribution in [2.24, 2.45) is 23.7 Å². The van der Waals surface area contributed by atoms with E-state index in [1.165, 1.54) is 20.8 Å². The van der Waals surface area contributed by atoms with E-state index >= 15 is 0 Å². The lowest BCUT2D eigenvalue weighted by Gasteiger charge is -2.45. The van der Waals surface area contributed by atoms with Crippen LogP contribution in [-0.4, -0.2) is 79.1 Å². The predicted octanol–water partition coefficient (Wildman–Crippen LogP) is 3.31. The second kappa shape index (κ2) is 13.9. The van der Waals surface area contributed by atoms with Gasteiger partial charge in [-0.25, -0.2) is 0 Å². The first-order chi connectivity index (χ1) is 20.0. The minimum atomic E-state index is -1.91. The Hall–Kier alpha value is -2.82. The Morgan fingerprint density at radius 1 is 0.884 bits per heavy atom. The van der Waals surface area contributed by atoms with Crippen molar-refractivity contribution in [3.63, 3.8) is 0 Å². The van der Waals surface area contributed by atoms with Gasteiger partial charge in [0, 0.05) is 23.4 Å². The molecule has 1 amide bonds. The summed E-state index contributed by atoms with van der Waals surface area (Å²) in [5.41, 5.74) is -1.30. The van der Waals surface area contributed by atoms with E-state index in [-0.39, 0.29) is 12.8 Å². The molecule has 2 aromatic carbocycles. The van der Waals surface area contributed by atoms with Gasteiger partial charge in [-0.2, -0.15) is 0 Å². The molecule has 0 saturated carbocycles. The first-order valence-corrected chi connectivity index (χ1v) is 15.2. The van der Waals surface area contributed by atoms with Crippen LogP contribution in [0.4, 0.5) is 0 Å². The van der Waals surface area contributed by atoms with E-state index in [1.54, 1.807) is 39.8 Å². The van der Waals surface area contributed by atoms with Crippen molar-refractivity contribution in [3.8, 4) is 11.1 Å². The fourth-order valence-corrected chi connectivity index (χ4v) is 6.50. The average Bonchev–Trinajstić information content (AvgIpc) is 2.99. The molecule has 0 bridgehead atoms. The molecule has 9 nitrogen and oxygen atoms in total. The lowest BCUT2D eigenvalue weighted by atomic mass is 9.72. The van der Waals surface area contributed by atoms with E-state index in [9.17, 15) is 35.1 Å². The molecule has 238 valence electrons. The number of hydrogen-bond donors (Lipinski definition) is 6. The summed E-state index contributed by atoms with van der Waals surface area (Å²) in [4.78, 5) is 26.6. The highest BCUT2D eigenvalue weighted by molar-refractivity contribution is 5.95. The van der Waals surface area contributed by atoms with Gasteiger partial charge in [-0.3, -0.25) is 9.59 Å². The molecule has 43 heavy (non-hydrogen) atoms. The van der Waals surface area contributed by atoms with Crippen LogP contribution in [0.2, 0.25) is 0 Å². The number of ether oxygens (including phenoxy) is 1. The van der Waals surface area contributed by atoms with Crippen molar-refractivity contribution in [2.45, 2.75) is 103 Å². The third kappa shape index (κ3) is 7.64. The normalized spacial score (nSPS) is 38.0. The standard InChI is InChI=1S/C34H49NO8/c1-8-26-34(7,42)30(38)20(3)27(35-31(39)25-16-14-24(15-17-25)23-12-10-9-11-13-23)19(2)18-33(6,41)29(37)21(4)28(36)22(5)32(40)43-26/h9-17,19-22,26-30,36-38,41-42H,8,18H2,1-7H3,(H,35,39)/t19-,20+,21+,22-,26-,27+,28+,29-,30-,33-,34-/m1/s1. The molecule has 1 aliphatic rings. The zero-order chi connectivity index (χ0) is 32.3. The van der Waals surface area contributed by atoms with Crippen molar-refractivity contribution >= 4 is 11.9 Å². The van der Waals surface area contributed by atoms with Crippen LogP contribution in [0.5, 0.6) is 0 Å². The lowest BCUT2D eigenvalue weighted by molar-refractivity contribution is -0.197. The molecule has 0 spiro atoms. The molecule has 0 radical (unpaired) electrons. The van der Waals surface area contributed by atoms with Crippen molar-refractivity contribution in [2.75, 3.05) is 0 Å². The summed E-state index contributed by atoms with van der Waals surface area (Å²) < 4.78 is 5.62. The van der Waals surface area contributed by atoms with Gasteiger partial charge in [0.1, 0.15) is 11.7 Å². The minimum Gasteiger partial charge on any atom is -0.459 e. The number of nitrogens with one attached hydrogen (secondary N) is 1. The first-order valence-electron chi connectivity index (χ1n) is 15.2. The highest BCUT2D eigenvalue weighted by Gasteiger charge is 2.49. The smallest absolute Gasteiger partial charge is 0.311 e. The second-order valence-corrected chi connectivity index (χ2v) is 12.9. The summed E-state index contributed by atoms with van der Waals surface area (Å²) in [6, 6.07) is 16.1. The van der Waals surface area contributed by atoms with Crippen LogP contribution in [0.15, 0.2) is 54.6 Å². The molecule has 0 unspecified atom stereocenters. The highest BCUT2D eigenvalue weighted by atomic mass is 16.6. The number of amides is 1. The van der Waals surface area contributed by atoms with Crippen LogP contribution < -0.4 is 5.32 Å². The number of hydrogen-bond acceptors (Lipinski definition) is 8. The zero-order valence-corrected chi connectivity index (χ0v) is 26.3. The molecule has 0 aliphatic carbocycles. The zero-order valence-electron chi connectivity index (χ0n) is 26.3. The predicted molar refractivity (Wildman–Crippen MR) is 164 cm³/mol. The Labute approximate surface area is 254 Å². The Bertz CT molecular complexity index is 1210. The molecular formula is C34H49NO8. The lowest BCUT2D eigenvalue weighted by Crippen LogP contribution is -2.60.